The normalized spacial score (nSPS) is 11.6. The first-order valence-electron chi connectivity index (χ1n) is 22.3. The summed E-state index contributed by atoms with van der Waals surface area (Å²) in [7, 11) is 0. The number of rotatable bonds is 8. The van der Waals surface area contributed by atoms with Gasteiger partial charge in [-0.25, -0.2) is 15.0 Å². The topological polar surface area (TPSA) is 43.6 Å². The molecule has 0 atom stereocenters. The zero-order chi connectivity index (χ0) is 43.9. The van der Waals surface area contributed by atoms with Gasteiger partial charge in [-0.05, 0) is 80.8 Å². The lowest BCUT2D eigenvalue weighted by molar-refractivity contribution is 0.590. The van der Waals surface area contributed by atoms with Gasteiger partial charge in [-0.2, -0.15) is 0 Å². The SMILES string of the molecule is CC(C)(C)c1ccc(-c2cc(-c3nc(-c4ccccc4)nc(-c4ccccc4)n3)cc(-c3ccccc3)c2-n2c3ccc(-c4ccccc4)cc3c3cc(-c4ccccc4)ccc32)cc1. The molecule has 0 fully saturated rings. The summed E-state index contributed by atoms with van der Waals surface area (Å²) >= 11 is 0. The molecule has 0 amide bonds. The molecule has 0 radical (unpaired) electrons. The van der Waals surface area contributed by atoms with Gasteiger partial charge in [-0.15, -0.1) is 0 Å². The van der Waals surface area contributed by atoms with Crippen LogP contribution in [0.3, 0.4) is 0 Å². The van der Waals surface area contributed by atoms with E-state index in [0.29, 0.717) is 17.5 Å². The average molecular weight is 835 g/mol. The summed E-state index contributed by atoms with van der Waals surface area (Å²) in [6.07, 6.45) is 0. The molecule has 2 aromatic heterocycles. The van der Waals surface area contributed by atoms with E-state index in [4.69, 9.17) is 15.0 Å². The Kier molecular flexibility index (Phi) is 10.1. The fourth-order valence-electron chi connectivity index (χ4n) is 9.03. The van der Waals surface area contributed by atoms with E-state index in [-0.39, 0.29) is 5.41 Å². The van der Waals surface area contributed by atoms with Crippen molar-refractivity contribution in [2.75, 3.05) is 0 Å². The third-order valence-electron chi connectivity index (χ3n) is 12.4. The van der Waals surface area contributed by atoms with E-state index >= 15 is 0 Å². The second kappa shape index (κ2) is 16.5. The van der Waals surface area contributed by atoms with E-state index in [9.17, 15) is 0 Å². The van der Waals surface area contributed by atoms with Crippen molar-refractivity contribution in [1.82, 2.24) is 19.5 Å². The first-order chi connectivity index (χ1) is 31.9. The maximum absolute atomic E-state index is 5.26. The maximum atomic E-state index is 5.26. The molecule has 11 aromatic rings. The lowest BCUT2D eigenvalue weighted by atomic mass is 9.85. The van der Waals surface area contributed by atoms with Crippen LogP contribution in [0.2, 0.25) is 0 Å². The van der Waals surface area contributed by atoms with Gasteiger partial charge >= 0.3 is 0 Å². The molecule has 0 aliphatic rings. The zero-order valence-corrected chi connectivity index (χ0v) is 36.7. The average Bonchev–Trinajstić information content (AvgIpc) is 3.69. The molecule has 0 N–H and O–H groups in total. The Morgan fingerprint density at radius 3 is 1.05 bits per heavy atom. The Labute approximate surface area is 380 Å². The van der Waals surface area contributed by atoms with E-state index in [1.165, 1.54) is 38.6 Å². The molecular formula is C61H46N4. The molecule has 0 aliphatic carbocycles. The fraction of sp³-hybridized carbons (Fsp3) is 0.0656. The summed E-state index contributed by atoms with van der Waals surface area (Å²) in [5.74, 6) is 1.86. The number of hydrogen-bond acceptors (Lipinski definition) is 3. The summed E-state index contributed by atoms with van der Waals surface area (Å²) < 4.78 is 2.49. The molecule has 11 rings (SSSR count). The van der Waals surface area contributed by atoms with Gasteiger partial charge in [0, 0.05) is 38.6 Å². The minimum Gasteiger partial charge on any atom is -0.308 e. The Bertz CT molecular complexity index is 3310. The minimum atomic E-state index is -0.00921. The molecule has 9 aromatic carbocycles. The lowest BCUT2D eigenvalue weighted by Gasteiger charge is -2.22. The van der Waals surface area contributed by atoms with Crippen LogP contribution in [0, 0.1) is 0 Å². The third-order valence-corrected chi connectivity index (χ3v) is 12.4. The molecule has 310 valence electrons. The summed E-state index contributed by atoms with van der Waals surface area (Å²) in [6.45, 7) is 6.80. The number of nitrogens with zero attached hydrogens (tertiary/aromatic N) is 4. The molecular weight excluding hydrogens is 789 g/mol. The van der Waals surface area contributed by atoms with Crippen LogP contribution in [-0.4, -0.2) is 19.5 Å². The van der Waals surface area contributed by atoms with Crippen LogP contribution in [0.15, 0.2) is 224 Å². The van der Waals surface area contributed by atoms with Crippen molar-refractivity contribution in [2.24, 2.45) is 0 Å². The Morgan fingerprint density at radius 2 is 0.646 bits per heavy atom. The second-order valence-electron chi connectivity index (χ2n) is 17.7. The van der Waals surface area contributed by atoms with Gasteiger partial charge in [-0.3, -0.25) is 0 Å². The molecule has 4 heteroatoms. The van der Waals surface area contributed by atoms with Gasteiger partial charge in [0.1, 0.15) is 0 Å². The van der Waals surface area contributed by atoms with E-state index in [1.54, 1.807) is 0 Å². The summed E-state index contributed by atoms with van der Waals surface area (Å²) in [5.41, 5.74) is 16.4. The number of aromatic nitrogens is 4. The number of hydrogen-bond donors (Lipinski definition) is 0. The Morgan fingerprint density at radius 1 is 0.308 bits per heavy atom. The van der Waals surface area contributed by atoms with E-state index in [1.807, 2.05) is 36.4 Å². The van der Waals surface area contributed by atoms with Crippen LogP contribution in [0.25, 0.3) is 106 Å². The van der Waals surface area contributed by atoms with Crippen molar-refractivity contribution >= 4 is 21.8 Å². The Balaban J connectivity index is 1.25. The first kappa shape index (κ1) is 39.6. The quantitative estimate of drug-likeness (QED) is 0.153. The monoisotopic (exact) mass is 834 g/mol. The summed E-state index contributed by atoms with van der Waals surface area (Å²) in [6, 6.07) is 80.1. The molecule has 0 aliphatic heterocycles. The standard InChI is InChI=1S/C61H46N4/c1-61(2,3)50-33-29-44(30-34-50)52-40-49(60-63-58(45-25-15-7-16-26-45)62-59(64-60)46-27-17-8-18-28-46)39-51(43-23-13-6-14-24-43)57(52)65-55-35-31-47(41-19-9-4-10-20-41)37-53(55)54-38-48(32-36-56(54)65)42-21-11-5-12-22-42/h4-40H,1-3H3. The number of fused-ring (bicyclic) bond motifs is 3. The highest BCUT2D eigenvalue weighted by Gasteiger charge is 2.24. The van der Waals surface area contributed by atoms with E-state index in [0.717, 1.165) is 55.7 Å². The van der Waals surface area contributed by atoms with Gasteiger partial charge < -0.3 is 4.57 Å². The van der Waals surface area contributed by atoms with Crippen LogP contribution in [0.1, 0.15) is 26.3 Å². The van der Waals surface area contributed by atoms with Crippen molar-refractivity contribution in [3.05, 3.63) is 230 Å². The van der Waals surface area contributed by atoms with Gasteiger partial charge in [0.15, 0.2) is 17.5 Å². The molecule has 0 bridgehead atoms. The molecule has 0 saturated heterocycles. The van der Waals surface area contributed by atoms with E-state index < -0.39 is 0 Å². The molecule has 0 unspecified atom stereocenters. The highest BCUT2D eigenvalue weighted by Crippen LogP contribution is 2.45. The predicted octanol–water partition coefficient (Wildman–Crippen LogP) is 15.9. The largest absolute Gasteiger partial charge is 0.308 e. The van der Waals surface area contributed by atoms with Crippen molar-refractivity contribution in [3.8, 4) is 84.4 Å². The van der Waals surface area contributed by atoms with Crippen LogP contribution < -0.4 is 0 Å². The highest BCUT2D eigenvalue weighted by atomic mass is 15.0. The molecule has 0 saturated carbocycles. The zero-order valence-electron chi connectivity index (χ0n) is 36.7. The highest BCUT2D eigenvalue weighted by molar-refractivity contribution is 6.13. The van der Waals surface area contributed by atoms with Gasteiger partial charge in [0.05, 0.1) is 16.7 Å². The number of benzene rings is 9. The molecule has 2 heterocycles. The van der Waals surface area contributed by atoms with Crippen LogP contribution in [0.5, 0.6) is 0 Å². The van der Waals surface area contributed by atoms with Crippen LogP contribution in [0.4, 0.5) is 0 Å². The predicted molar refractivity (Wildman–Crippen MR) is 271 cm³/mol. The lowest BCUT2D eigenvalue weighted by Crippen LogP contribution is -2.10. The second-order valence-corrected chi connectivity index (χ2v) is 17.7. The third kappa shape index (κ3) is 7.59. The van der Waals surface area contributed by atoms with E-state index in [2.05, 4.69) is 213 Å². The van der Waals surface area contributed by atoms with Crippen LogP contribution in [-0.2, 0) is 5.41 Å². The van der Waals surface area contributed by atoms with Crippen LogP contribution >= 0.6 is 0 Å². The van der Waals surface area contributed by atoms with Crippen molar-refractivity contribution in [3.63, 3.8) is 0 Å². The van der Waals surface area contributed by atoms with Crippen molar-refractivity contribution < 1.29 is 0 Å². The summed E-state index contributed by atoms with van der Waals surface area (Å²) in [4.78, 5) is 15.6. The summed E-state index contributed by atoms with van der Waals surface area (Å²) in [5, 5.41) is 2.38. The molecule has 65 heavy (non-hydrogen) atoms. The molecule has 0 spiro atoms. The van der Waals surface area contributed by atoms with Gasteiger partial charge in [0.25, 0.3) is 0 Å². The van der Waals surface area contributed by atoms with Gasteiger partial charge in [0.2, 0.25) is 0 Å². The minimum absolute atomic E-state index is 0.00921. The smallest absolute Gasteiger partial charge is 0.164 e. The van der Waals surface area contributed by atoms with Crippen molar-refractivity contribution in [1.29, 1.82) is 0 Å². The first-order valence-corrected chi connectivity index (χ1v) is 22.3. The van der Waals surface area contributed by atoms with Gasteiger partial charge in [-0.1, -0.05) is 209 Å². The van der Waals surface area contributed by atoms with Crippen molar-refractivity contribution in [2.45, 2.75) is 26.2 Å². The Hall–Kier alpha value is -8.21. The maximum Gasteiger partial charge on any atom is 0.164 e. The molecule has 4 nitrogen and oxygen atoms in total. The fourth-order valence-corrected chi connectivity index (χ4v) is 9.03.